The number of benzene rings is 2. The van der Waals surface area contributed by atoms with E-state index in [0.29, 0.717) is 17.1 Å². The van der Waals surface area contributed by atoms with Crippen LogP contribution in [0.25, 0.3) is 0 Å². The summed E-state index contributed by atoms with van der Waals surface area (Å²) in [5.74, 6) is -0.627. The summed E-state index contributed by atoms with van der Waals surface area (Å²) in [6.07, 6.45) is 4.83. The first kappa shape index (κ1) is 28.2. The number of hydrogen-bond donors (Lipinski definition) is 1. The maximum Gasteiger partial charge on any atom is 0.244 e. The third kappa shape index (κ3) is 7.34. The minimum atomic E-state index is -3.89. The number of methoxy groups -OCH3 is 2. The van der Waals surface area contributed by atoms with Crippen molar-refractivity contribution >= 4 is 27.5 Å². The third-order valence-corrected chi connectivity index (χ3v) is 7.61. The van der Waals surface area contributed by atoms with E-state index in [4.69, 9.17) is 9.47 Å². The molecular weight excluding hydrogens is 501 g/mol. The average molecular weight is 536 g/mol. The highest BCUT2D eigenvalue weighted by molar-refractivity contribution is 7.92. The molecule has 1 aliphatic carbocycles. The van der Waals surface area contributed by atoms with Crippen LogP contribution in [0.2, 0.25) is 0 Å². The van der Waals surface area contributed by atoms with E-state index in [1.807, 2.05) is 0 Å². The minimum Gasteiger partial charge on any atom is -0.493 e. The summed E-state index contributed by atoms with van der Waals surface area (Å²) in [5.41, 5.74) is 0.811. The molecule has 3 rings (SSSR count). The summed E-state index contributed by atoms with van der Waals surface area (Å²) < 4.78 is 50.4. The van der Waals surface area contributed by atoms with E-state index in [-0.39, 0.29) is 24.2 Å². The Morgan fingerprint density at radius 3 is 2.24 bits per heavy atom. The molecule has 0 radical (unpaired) electrons. The van der Waals surface area contributed by atoms with Gasteiger partial charge in [0.25, 0.3) is 0 Å². The second-order valence-electron chi connectivity index (χ2n) is 9.12. The SMILES string of the molecule is COc1ccc(N(CC(=O)N(Cc2ccc(F)cc2)C(C)C(=O)NC2CCCC2)S(C)(=O)=O)cc1OC. The normalized spacial score (nSPS) is 14.6. The van der Waals surface area contributed by atoms with Crippen molar-refractivity contribution in [1.29, 1.82) is 0 Å². The van der Waals surface area contributed by atoms with Gasteiger partial charge in [0.05, 0.1) is 26.2 Å². The lowest BCUT2D eigenvalue weighted by Gasteiger charge is -2.32. The topological polar surface area (TPSA) is 105 Å². The molecule has 2 aromatic rings. The lowest BCUT2D eigenvalue weighted by Crippen LogP contribution is -2.52. The van der Waals surface area contributed by atoms with Crippen molar-refractivity contribution in [2.24, 2.45) is 0 Å². The van der Waals surface area contributed by atoms with E-state index < -0.39 is 34.3 Å². The zero-order valence-corrected chi connectivity index (χ0v) is 22.4. The largest absolute Gasteiger partial charge is 0.493 e. The van der Waals surface area contributed by atoms with Crippen LogP contribution in [0.1, 0.15) is 38.2 Å². The van der Waals surface area contributed by atoms with Gasteiger partial charge in [-0.05, 0) is 49.6 Å². The summed E-state index contributed by atoms with van der Waals surface area (Å²) in [4.78, 5) is 28.0. The van der Waals surface area contributed by atoms with Gasteiger partial charge in [0.15, 0.2) is 11.5 Å². The standard InChI is InChI=1S/C26H34FN3O6S/c1-18(26(32)28-21-7-5-6-8-21)29(16-19-9-11-20(27)12-10-19)25(31)17-30(37(4,33)34)22-13-14-23(35-2)24(15-22)36-3/h9-15,18,21H,5-8,16-17H2,1-4H3,(H,28,32). The second-order valence-corrected chi connectivity index (χ2v) is 11.0. The summed E-state index contributed by atoms with van der Waals surface area (Å²) in [6.45, 7) is 1.06. The van der Waals surface area contributed by atoms with Gasteiger partial charge < -0.3 is 19.7 Å². The monoisotopic (exact) mass is 535 g/mol. The molecule has 0 aliphatic heterocycles. The molecule has 37 heavy (non-hydrogen) atoms. The molecule has 2 amide bonds. The molecule has 11 heteroatoms. The number of halogens is 1. The molecule has 0 saturated heterocycles. The summed E-state index contributed by atoms with van der Waals surface area (Å²) in [7, 11) is -1.01. The maximum atomic E-state index is 13.6. The fourth-order valence-corrected chi connectivity index (χ4v) is 5.20. The van der Waals surface area contributed by atoms with Gasteiger partial charge in [-0.3, -0.25) is 13.9 Å². The maximum absolute atomic E-state index is 13.6. The van der Waals surface area contributed by atoms with Gasteiger partial charge in [-0.2, -0.15) is 0 Å². The summed E-state index contributed by atoms with van der Waals surface area (Å²) in [6, 6.07) is 9.29. The van der Waals surface area contributed by atoms with Crippen LogP contribution < -0.4 is 19.1 Å². The molecule has 1 aliphatic rings. The highest BCUT2D eigenvalue weighted by Crippen LogP contribution is 2.32. The molecule has 0 bridgehead atoms. The Kier molecular flexibility index (Phi) is 9.36. The zero-order valence-electron chi connectivity index (χ0n) is 21.6. The fourth-order valence-electron chi connectivity index (χ4n) is 4.35. The predicted molar refractivity (Wildman–Crippen MR) is 139 cm³/mol. The van der Waals surface area contributed by atoms with Gasteiger partial charge in [-0.1, -0.05) is 25.0 Å². The number of amides is 2. The average Bonchev–Trinajstić information content (AvgIpc) is 3.38. The van der Waals surface area contributed by atoms with Gasteiger partial charge >= 0.3 is 0 Å². The molecule has 1 fully saturated rings. The quantitative estimate of drug-likeness (QED) is 0.474. The molecular formula is C26H34FN3O6S. The highest BCUT2D eigenvalue weighted by Gasteiger charge is 2.31. The molecule has 0 heterocycles. The summed E-state index contributed by atoms with van der Waals surface area (Å²) in [5, 5.41) is 3.00. The number of rotatable bonds is 11. The second kappa shape index (κ2) is 12.3. The first-order chi connectivity index (χ1) is 17.5. The molecule has 9 nitrogen and oxygen atoms in total. The predicted octanol–water partition coefficient (Wildman–Crippen LogP) is 3.09. The molecule has 1 atom stereocenters. The van der Waals surface area contributed by atoms with Crippen molar-refractivity contribution in [2.75, 3.05) is 31.3 Å². The number of nitrogens with one attached hydrogen (secondary N) is 1. The van der Waals surface area contributed by atoms with Crippen molar-refractivity contribution in [3.63, 3.8) is 0 Å². The number of carbonyl (C=O) groups excluding carboxylic acids is 2. The number of sulfonamides is 1. The van der Waals surface area contributed by atoms with Crippen molar-refractivity contribution < 1.29 is 31.9 Å². The number of hydrogen-bond acceptors (Lipinski definition) is 6. The molecule has 1 unspecified atom stereocenters. The molecule has 1 saturated carbocycles. The molecule has 0 aromatic heterocycles. The van der Waals surface area contributed by atoms with E-state index >= 15 is 0 Å². The zero-order chi connectivity index (χ0) is 27.2. The first-order valence-electron chi connectivity index (χ1n) is 12.1. The molecule has 1 N–H and O–H groups in total. The van der Waals surface area contributed by atoms with Gasteiger partial charge in [-0.15, -0.1) is 0 Å². The summed E-state index contributed by atoms with van der Waals surface area (Å²) >= 11 is 0. The highest BCUT2D eigenvalue weighted by atomic mass is 32.2. The molecule has 0 spiro atoms. The van der Waals surface area contributed by atoms with Gasteiger partial charge in [0, 0.05) is 18.7 Å². The third-order valence-electron chi connectivity index (χ3n) is 6.47. The van der Waals surface area contributed by atoms with Crippen molar-refractivity contribution in [1.82, 2.24) is 10.2 Å². The van der Waals surface area contributed by atoms with Crippen LogP contribution >= 0.6 is 0 Å². The van der Waals surface area contributed by atoms with E-state index in [1.54, 1.807) is 13.0 Å². The first-order valence-corrected chi connectivity index (χ1v) is 13.9. The van der Waals surface area contributed by atoms with Crippen molar-refractivity contribution in [3.8, 4) is 11.5 Å². The van der Waals surface area contributed by atoms with Gasteiger partial charge in [0.2, 0.25) is 21.8 Å². The number of ether oxygens (including phenoxy) is 2. The fraction of sp³-hybridized carbons (Fsp3) is 0.462. The minimum absolute atomic E-state index is 0.00189. The number of anilines is 1. The Bertz CT molecular complexity index is 1200. The van der Waals surface area contributed by atoms with Crippen LogP contribution in [0.5, 0.6) is 11.5 Å². The van der Waals surface area contributed by atoms with Crippen LogP contribution in [0.4, 0.5) is 10.1 Å². The van der Waals surface area contributed by atoms with Crippen LogP contribution in [-0.4, -0.2) is 64.2 Å². The number of carbonyl (C=O) groups is 2. The number of nitrogens with zero attached hydrogens (tertiary/aromatic N) is 2. The Balaban J connectivity index is 1.90. The Labute approximate surface area is 217 Å². The molecule has 2 aromatic carbocycles. The Morgan fingerprint density at radius 1 is 1.05 bits per heavy atom. The lowest BCUT2D eigenvalue weighted by molar-refractivity contribution is -0.139. The Morgan fingerprint density at radius 2 is 1.68 bits per heavy atom. The van der Waals surface area contributed by atoms with E-state index in [9.17, 15) is 22.4 Å². The molecule has 202 valence electrons. The van der Waals surface area contributed by atoms with Crippen LogP contribution in [-0.2, 0) is 26.2 Å². The Hall–Kier alpha value is -3.34. The van der Waals surface area contributed by atoms with Crippen molar-refractivity contribution in [2.45, 2.75) is 51.2 Å². The van der Waals surface area contributed by atoms with Crippen molar-refractivity contribution in [3.05, 3.63) is 53.8 Å². The smallest absolute Gasteiger partial charge is 0.244 e. The lowest BCUT2D eigenvalue weighted by atomic mass is 10.1. The van der Waals surface area contributed by atoms with Gasteiger partial charge in [-0.25, -0.2) is 12.8 Å². The van der Waals surface area contributed by atoms with Crippen LogP contribution in [0.3, 0.4) is 0 Å². The van der Waals surface area contributed by atoms with Crippen LogP contribution in [0.15, 0.2) is 42.5 Å². The van der Waals surface area contributed by atoms with E-state index in [0.717, 1.165) is 36.2 Å². The van der Waals surface area contributed by atoms with Crippen LogP contribution in [0, 0.1) is 5.82 Å². The van der Waals surface area contributed by atoms with Gasteiger partial charge in [0.1, 0.15) is 18.4 Å². The van der Waals surface area contributed by atoms with E-state index in [1.165, 1.54) is 55.5 Å². The van der Waals surface area contributed by atoms with E-state index in [2.05, 4.69) is 5.32 Å².